The summed E-state index contributed by atoms with van der Waals surface area (Å²) in [6.45, 7) is 0. The van der Waals surface area contributed by atoms with Gasteiger partial charge in [-0.05, 0) is 18.2 Å². The van der Waals surface area contributed by atoms with E-state index in [2.05, 4.69) is 5.32 Å². The highest BCUT2D eigenvalue weighted by Crippen LogP contribution is 2.32. The molecule has 0 saturated heterocycles. The number of nitrogen functional groups attached to an aromatic ring is 1. The zero-order valence-electron chi connectivity index (χ0n) is 10.1. The number of amides is 1. The SMILES string of the molecule is NC(=O)c1cccc(Nc2c(F)cc(F)cc2Cl)c1N. The molecule has 2 rings (SSSR count). The first-order valence-electron chi connectivity index (χ1n) is 5.50. The lowest BCUT2D eigenvalue weighted by Crippen LogP contribution is -2.14. The van der Waals surface area contributed by atoms with Crippen LogP contribution >= 0.6 is 11.6 Å². The molecule has 7 heteroatoms. The molecular formula is C13H10ClF2N3O. The summed E-state index contributed by atoms with van der Waals surface area (Å²) in [6.07, 6.45) is 0. The maximum Gasteiger partial charge on any atom is 0.250 e. The average Bonchev–Trinajstić information content (AvgIpc) is 2.35. The highest BCUT2D eigenvalue weighted by Gasteiger charge is 2.14. The highest BCUT2D eigenvalue weighted by molar-refractivity contribution is 6.33. The predicted octanol–water partition coefficient (Wildman–Crippen LogP) is 3.04. The summed E-state index contributed by atoms with van der Waals surface area (Å²) < 4.78 is 26.6. The van der Waals surface area contributed by atoms with Crippen LogP contribution in [0.3, 0.4) is 0 Å². The van der Waals surface area contributed by atoms with Crippen molar-refractivity contribution in [1.29, 1.82) is 0 Å². The Morgan fingerprint density at radius 2 is 1.95 bits per heavy atom. The van der Waals surface area contributed by atoms with Crippen molar-refractivity contribution >= 4 is 34.6 Å². The fourth-order valence-electron chi connectivity index (χ4n) is 1.69. The molecule has 0 radical (unpaired) electrons. The number of nitrogens with one attached hydrogen (secondary N) is 1. The van der Waals surface area contributed by atoms with Crippen LogP contribution in [-0.2, 0) is 0 Å². The Labute approximate surface area is 118 Å². The van der Waals surface area contributed by atoms with E-state index in [1.54, 1.807) is 0 Å². The van der Waals surface area contributed by atoms with E-state index in [-0.39, 0.29) is 27.6 Å². The Kier molecular flexibility index (Phi) is 3.76. The minimum atomic E-state index is -0.876. The van der Waals surface area contributed by atoms with Gasteiger partial charge in [-0.1, -0.05) is 17.7 Å². The zero-order valence-corrected chi connectivity index (χ0v) is 10.8. The van der Waals surface area contributed by atoms with Crippen LogP contribution in [-0.4, -0.2) is 5.91 Å². The highest BCUT2D eigenvalue weighted by atomic mass is 35.5. The summed E-state index contributed by atoms with van der Waals surface area (Å²) in [5.74, 6) is -2.38. The monoisotopic (exact) mass is 297 g/mol. The van der Waals surface area contributed by atoms with Crippen LogP contribution in [0, 0.1) is 11.6 Å². The van der Waals surface area contributed by atoms with E-state index in [0.29, 0.717) is 6.07 Å². The number of halogens is 3. The molecule has 0 fully saturated rings. The molecule has 0 unspecified atom stereocenters. The molecule has 0 aliphatic carbocycles. The molecule has 104 valence electrons. The summed E-state index contributed by atoms with van der Waals surface area (Å²) >= 11 is 5.76. The molecule has 0 atom stereocenters. The van der Waals surface area contributed by atoms with Gasteiger partial charge in [0.05, 0.1) is 27.6 Å². The smallest absolute Gasteiger partial charge is 0.250 e. The molecule has 2 aromatic carbocycles. The Bertz CT molecular complexity index is 668. The van der Waals surface area contributed by atoms with Crippen LogP contribution in [0.25, 0.3) is 0 Å². The second-order valence-corrected chi connectivity index (χ2v) is 4.41. The summed E-state index contributed by atoms with van der Waals surface area (Å²) in [5, 5.41) is 2.48. The second-order valence-electron chi connectivity index (χ2n) is 4.00. The zero-order chi connectivity index (χ0) is 14.9. The molecule has 0 aromatic heterocycles. The molecule has 20 heavy (non-hydrogen) atoms. The average molecular weight is 298 g/mol. The lowest BCUT2D eigenvalue weighted by Gasteiger charge is -2.13. The van der Waals surface area contributed by atoms with Crippen molar-refractivity contribution in [3.63, 3.8) is 0 Å². The van der Waals surface area contributed by atoms with Crippen molar-refractivity contribution in [2.75, 3.05) is 11.1 Å². The summed E-state index contributed by atoms with van der Waals surface area (Å²) in [4.78, 5) is 11.2. The number of hydrogen-bond acceptors (Lipinski definition) is 3. The normalized spacial score (nSPS) is 10.3. The van der Waals surface area contributed by atoms with Crippen molar-refractivity contribution in [2.24, 2.45) is 5.73 Å². The first-order chi connectivity index (χ1) is 9.40. The topological polar surface area (TPSA) is 81.1 Å². The van der Waals surface area contributed by atoms with Crippen LogP contribution in [0.5, 0.6) is 0 Å². The number of primary amides is 1. The van der Waals surface area contributed by atoms with Crippen molar-refractivity contribution in [1.82, 2.24) is 0 Å². The molecule has 0 bridgehead atoms. The van der Waals surface area contributed by atoms with Gasteiger partial charge in [-0.2, -0.15) is 0 Å². The maximum atomic E-state index is 13.7. The summed E-state index contributed by atoms with van der Waals surface area (Å²) in [5.41, 5.74) is 11.2. The van der Waals surface area contributed by atoms with Crippen molar-refractivity contribution in [2.45, 2.75) is 0 Å². The number of nitrogens with two attached hydrogens (primary N) is 2. The molecular weight excluding hydrogens is 288 g/mol. The van der Waals surface area contributed by atoms with Gasteiger partial charge in [0.2, 0.25) is 0 Å². The van der Waals surface area contributed by atoms with Gasteiger partial charge in [0, 0.05) is 6.07 Å². The molecule has 0 heterocycles. The first kappa shape index (κ1) is 14.1. The third-order valence-electron chi connectivity index (χ3n) is 2.64. The molecule has 5 N–H and O–H groups in total. The van der Waals surface area contributed by atoms with Gasteiger partial charge in [-0.25, -0.2) is 8.78 Å². The van der Waals surface area contributed by atoms with E-state index in [1.807, 2.05) is 0 Å². The number of benzene rings is 2. The van der Waals surface area contributed by atoms with Gasteiger partial charge in [0.25, 0.3) is 5.91 Å². The largest absolute Gasteiger partial charge is 0.396 e. The summed E-state index contributed by atoms with van der Waals surface area (Å²) in [6, 6.07) is 6.12. The standard InChI is InChI=1S/C13H10ClF2N3O/c14-8-4-6(15)5-9(16)12(8)19-10-3-1-2-7(11(10)17)13(18)20/h1-5,19H,17H2,(H2,18,20). The van der Waals surface area contributed by atoms with Crippen molar-refractivity contribution in [3.8, 4) is 0 Å². The van der Waals surface area contributed by atoms with Crippen molar-refractivity contribution in [3.05, 3.63) is 52.6 Å². The van der Waals surface area contributed by atoms with Crippen LogP contribution in [0.4, 0.5) is 25.8 Å². The van der Waals surface area contributed by atoms with Gasteiger partial charge < -0.3 is 16.8 Å². The first-order valence-corrected chi connectivity index (χ1v) is 5.88. The minimum absolute atomic E-state index is 0.0554. The van der Waals surface area contributed by atoms with E-state index < -0.39 is 17.5 Å². The third kappa shape index (κ3) is 2.65. The molecule has 0 aliphatic rings. The lowest BCUT2D eigenvalue weighted by atomic mass is 10.1. The van der Waals surface area contributed by atoms with Gasteiger partial charge in [0.15, 0.2) is 5.82 Å². The van der Waals surface area contributed by atoms with Gasteiger partial charge in [-0.3, -0.25) is 4.79 Å². The number of para-hydroxylation sites is 1. The Morgan fingerprint density at radius 3 is 2.55 bits per heavy atom. The van der Waals surface area contributed by atoms with Gasteiger partial charge >= 0.3 is 0 Å². The molecule has 1 amide bonds. The number of carbonyl (C=O) groups is 1. The number of carbonyl (C=O) groups excluding carboxylic acids is 1. The minimum Gasteiger partial charge on any atom is -0.396 e. The van der Waals surface area contributed by atoms with E-state index in [4.69, 9.17) is 23.1 Å². The fraction of sp³-hybridized carbons (Fsp3) is 0. The van der Waals surface area contributed by atoms with E-state index in [0.717, 1.165) is 6.07 Å². The third-order valence-corrected chi connectivity index (χ3v) is 2.94. The van der Waals surface area contributed by atoms with Crippen LogP contribution in [0.2, 0.25) is 5.02 Å². The van der Waals surface area contributed by atoms with Crippen molar-refractivity contribution < 1.29 is 13.6 Å². The van der Waals surface area contributed by atoms with Crippen LogP contribution in [0.15, 0.2) is 30.3 Å². The Morgan fingerprint density at radius 1 is 1.25 bits per heavy atom. The Balaban J connectivity index is 2.46. The molecule has 0 saturated carbocycles. The second kappa shape index (κ2) is 5.34. The maximum absolute atomic E-state index is 13.7. The van der Waals surface area contributed by atoms with Crippen LogP contribution < -0.4 is 16.8 Å². The lowest BCUT2D eigenvalue weighted by molar-refractivity contribution is 0.100. The van der Waals surface area contributed by atoms with Gasteiger partial charge in [0.1, 0.15) is 5.82 Å². The van der Waals surface area contributed by atoms with E-state index >= 15 is 0 Å². The quantitative estimate of drug-likeness (QED) is 0.762. The summed E-state index contributed by atoms with van der Waals surface area (Å²) in [7, 11) is 0. The molecule has 2 aromatic rings. The van der Waals surface area contributed by atoms with E-state index in [9.17, 15) is 13.6 Å². The number of rotatable bonds is 3. The van der Waals surface area contributed by atoms with Crippen LogP contribution in [0.1, 0.15) is 10.4 Å². The van der Waals surface area contributed by atoms with Gasteiger partial charge in [-0.15, -0.1) is 0 Å². The molecule has 0 spiro atoms. The number of anilines is 3. The molecule has 0 aliphatic heterocycles. The Hall–Kier alpha value is -2.34. The fourth-order valence-corrected chi connectivity index (χ4v) is 1.93. The number of hydrogen-bond donors (Lipinski definition) is 3. The van der Waals surface area contributed by atoms with E-state index in [1.165, 1.54) is 18.2 Å². The molecule has 4 nitrogen and oxygen atoms in total. The predicted molar refractivity (Wildman–Crippen MR) is 74.0 cm³/mol.